The first-order valence-electron chi connectivity index (χ1n) is 7.49. The number of aliphatic carboxylic acids is 1. The Kier molecular flexibility index (Phi) is 5.26. The Morgan fingerprint density at radius 1 is 1.35 bits per heavy atom. The molecule has 1 aliphatic rings. The van der Waals surface area contributed by atoms with Crippen molar-refractivity contribution in [3.05, 3.63) is 29.8 Å². The number of nitrogens with one attached hydrogen (secondary N) is 1. The van der Waals surface area contributed by atoms with Gasteiger partial charge in [-0.25, -0.2) is 4.79 Å². The minimum atomic E-state index is -1.12. The van der Waals surface area contributed by atoms with Gasteiger partial charge in [0.1, 0.15) is 5.54 Å². The summed E-state index contributed by atoms with van der Waals surface area (Å²) < 4.78 is 10.7. The van der Waals surface area contributed by atoms with E-state index in [4.69, 9.17) is 9.47 Å². The first-order valence-corrected chi connectivity index (χ1v) is 7.49. The zero-order valence-electron chi connectivity index (χ0n) is 13.3. The highest BCUT2D eigenvalue weighted by Gasteiger charge is 2.45. The molecule has 0 radical (unpaired) electrons. The van der Waals surface area contributed by atoms with Gasteiger partial charge in [-0.3, -0.25) is 4.79 Å². The highest BCUT2D eigenvalue weighted by molar-refractivity contribution is 5.88. The lowest BCUT2D eigenvalue weighted by molar-refractivity contribution is -0.152. The number of rotatable bonds is 7. The quantitative estimate of drug-likeness (QED) is 0.805. The number of methoxy groups -OCH3 is 1. The van der Waals surface area contributed by atoms with E-state index in [9.17, 15) is 14.7 Å². The summed E-state index contributed by atoms with van der Waals surface area (Å²) in [5, 5.41) is 11.8. The van der Waals surface area contributed by atoms with Gasteiger partial charge in [0.05, 0.1) is 7.11 Å². The van der Waals surface area contributed by atoms with Crippen molar-refractivity contribution in [3.63, 3.8) is 0 Å². The Morgan fingerprint density at radius 2 is 2.09 bits per heavy atom. The number of carbonyl (C=O) groups excluding carboxylic acids is 1. The minimum Gasteiger partial charge on any atom is -0.493 e. The van der Waals surface area contributed by atoms with Gasteiger partial charge in [-0.05, 0) is 43.9 Å². The molecule has 124 valence electrons. The highest BCUT2D eigenvalue weighted by Crippen LogP contribution is 2.32. The molecule has 6 heteroatoms. The molecule has 1 aliphatic carbocycles. The predicted molar refractivity (Wildman–Crippen MR) is 85.6 cm³/mol. The predicted octanol–water partition coefficient (Wildman–Crippen LogP) is 2.23. The summed E-state index contributed by atoms with van der Waals surface area (Å²) >= 11 is 0. The molecule has 0 atom stereocenters. The van der Waals surface area contributed by atoms with Crippen LogP contribution in [0.5, 0.6) is 11.5 Å². The Bertz CT molecular complexity index is 619. The number of hydrogen-bond donors (Lipinski definition) is 2. The lowest BCUT2D eigenvalue weighted by Crippen LogP contribution is -2.59. The monoisotopic (exact) mass is 319 g/mol. The maximum atomic E-state index is 11.9. The molecule has 1 aromatic carbocycles. The van der Waals surface area contributed by atoms with Crippen LogP contribution in [0.4, 0.5) is 0 Å². The van der Waals surface area contributed by atoms with E-state index < -0.39 is 17.4 Å². The highest BCUT2D eigenvalue weighted by atomic mass is 16.5. The Hall–Kier alpha value is -2.50. The molecule has 0 aliphatic heterocycles. The number of carboxylic acid groups (broad SMARTS) is 1. The van der Waals surface area contributed by atoms with Gasteiger partial charge in [-0.2, -0.15) is 0 Å². The van der Waals surface area contributed by atoms with Crippen molar-refractivity contribution in [2.45, 2.75) is 31.7 Å². The maximum Gasteiger partial charge on any atom is 0.329 e. The molecule has 6 nitrogen and oxygen atoms in total. The second-order valence-corrected chi connectivity index (χ2v) is 5.49. The van der Waals surface area contributed by atoms with Crippen molar-refractivity contribution in [3.8, 4) is 11.5 Å². The molecule has 0 aromatic heterocycles. The first-order chi connectivity index (χ1) is 11.0. The van der Waals surface area contributed by atoms with Crippen LogP contribution in [0.25, 0.3) is 6.08 Å². The third kappa shape index (κ3) is 3.83. The van der Waals surface area contributed by atoms with Crippen molar-refractivity contribution in [2.24, 2.45) is 0 Å². The minimum absolute atomic E-state index is 0.256. The summed E-state index contributed by atoms with van der Waals surface area (Å²) in [5.74, 6) is -0.490. The summed E-state index contributed by atoms with van der Waals surface area (Å²) in [6.07, 6.45) is 5.54. The number of benzene rings is 1. The van der Waals surface area contributed by atoms with Crippen molar-refractivity contribution < 1.29 is 24.2 Å². The van der Waals surface area contributed by atoms with Crippen LogP contribution in [0.15, 0.2) is 24.3 Å². The number of amides is 1. The molecular formula is C17H21NO5. The summed E-state index contributed by atoms with van der Waals surface area (Å²) in [6, 6.07) is 5.37. The average molecular weight is 319 g/mol. The molecule has 23 heavy (non-hydrogen) atoms. The van der Waals surface area contributed by atoms with Gasteiger partial charge >= 0.3 is 5.97 Å². The standard InChI is InChI=1S/C17H21NO5/c1-3-5-12-6-7-13(14(10-12)22-2)23-11-15(19)18-17(16(20)21)8-4-9-17/h3,5-7,10H,4,8-9,11H2,1-2H3,(H,18,19)(H,20,21)/b5-3+. The van der Waals surface area contributed by atoms with Crippen LogP contribution in [0.3, 0.4) is 0 Å². The zero-order valence-corrected chi connectivity index (χ0v) is 13.3. The van der Waals surface area contributed by atoms with Gasteiger partial charge in [0.2, 0.25) is 0 Å². The maximum absolute atomic E-state index is 11.9. The fourth-order valence-electron chi connectivity index (χ4n) is 2.47. The first kappa shape index (κ1) is 16.9. The van der Waals surface area contributed by atoms with E-state index >= 15 is 0 Å². The van der Waals surface area contributed by atoms with Crippen molar-refractivity contribution in [1.82, 2.24) is 5.32 Å². The van der Waals surface area contributed by atoms with Gasteiger partial charge in [0, 0.05) is 0 Å². The SMILES string of the molecule is C/C=C/c1ccc(OCC(=O)NC2(C(=O)O)CCC2)c(OC)c1. The molecule has 2 N–H and O–H groups in total. The van der Waals surface area contributed by atoms with Crippen LogP contribution < -0.4 is 14.8 Å². The number of allylic oxidation sites excluding steroid dienone is 1. The van der Waals surface area contributed by atoms with E-state index in [2.05, 4.69) is 5.32 Å². The molecule has 0 spiro atoms. The lowest BCUT2D eigenvalue weighted by atomic mass is 9.77. The van der Waals surface area contributed by atoms with Crippen molar-refractivity contribution in [1.29, 1.82) is 0 Å². The summed E-state index contributed by atoms with van der Waals surface area (Å²) in [7, 11) is 1.52. The van der Waals surface area contributed by atoms with E-state index in [1.807, 2.05) is 25.1 Å². The van der Waals surface area contributed by atoms with E-state index in [-0.39, 0.29) is 6.61 Å². The van der Waals surface area contributed by atoms with Crippen LogP contribution in [0.2, 0.25) is 0 Å². The Labute approximate surface area is 135 Å². The molecule has 0 saturated heterocycles. The number of ether oxygens (including phenoxy) is 2. The number of carboxylic acids is 1. The molecule has 1 fully saturated rings. The second kappa shape index (κ2) is 7.17. The van der Waals surface area contributed by atoms with Crippen LogP contribution in [-0.2, 0) is 9.59 Å². The number of hydrogen-bond acceptors (Lipinski definition) is 4. The second-order valence-electron chi connectivity index (χ2n) is 5.49. The van der Waals surface area contributed by atoms with Gasteiger partial charge in [0.15, 0.2) is 18.1 Å². The molecule has 1 saturated carbocycles. The molecule has 0 heterocycles. The van der Waals surface area contributed by atoms with Gasteiger partial charge < -0.3 is 19.9 Å². The van der Waals surface area contributed by atoms with E-state index in [0.717, 1.165) is 12.0 Å². The van der Waals surface area contributed by atoms with E-state index in [1.54, 1.807) is 12.1 Å². The molecule has 0 bridgehead atoms. The summed E-state index contributed by atoms with van der Waals surface area (Å²) in [5.41, 5.74) is -0.166. The zero-order chi connectivity index (χ0) is 16.9. The van der Waals surface area contributed by atoms with Crippen molar-refractivity contribution in [2.75, 3.05) is 13.7 Å². The third-order valence-electron chi connectivity index (χ3n) is 3.90. The topological polar surface area (TPSA) is 84.9 Å². The van der Waals surface area contributed by atoms with Crippen LogP contribution in [0, 0.1) is 0 Å². The smallest absolute Gasteiger partial charge is 0.329 e. The third-order valence-corrected chi connectivity index (χ3v) is 3.90. The summed E-state index contributed by atoms with van der Waals surface area (Å²) in [4.78, 5) is 23.2. The molecular weight excluding hydrogens is 298 g/mol. The fraction of sp³-hybridized carbons (Fsp3) is 0.412. The normalized spacial score (nSPS) is 15.7. The van der Waals surface area contributed by atoms with Crippen LogP contribution in [0.1, 0.15) is 31.7 Å². The molecule has 2 rings (SSSR count). The molecule has 1 aromatic rings. The van der Waals surface area contributed by atoms with E-state index in [0.29, 0.717) is 24.3 Å². The Morgan fingerprint density at radius 3 is 2.61 bits per heavy atom. The number of carbonyl (C=O) groups is 2. The van der Waals surface area contributed by atoms with E-state index in [1.165, 1.54) is 7.11 Å². The fourth-order valence-corrected chi connectivity index (χ4v) is 2.47. The van der Waals surface area contributed by atoms with Gasteiger partial charge in [-0.1, -0.05) is 18.2 Å². The average Bonchev–Trinajstić information content (AvgIpc) is 2.49. The summed E-state index contributed by atoms with van der Waals surface area (Å²) in [6.45, 7) is 1.66. The van der Waals surface area contributed by atoms with Crippen LogP contribution >= 0.6 is 0 Å². The lowest BCUT2D eigenvalue weighted by Gasteiger charge is -2.38. The van der Waals surface area contributed by atoms with Gasteiger partial charge in [0.25, 0.3) is 5.91 Å². The van der Waals surface area contributed by atoms with Crippen LogP contribution in [-0.4, -0.2) is 36.2 Å². The van der Waals surface area contributed by atoms with Crippen molar-refractivity contribution >= 4 is 18.0 Å². The largest absolute Gasteiger partial charge is 0.493 e. The molecule has 1 amide bonds. The molecule has 0 unspecified atom stereocenters. The van der Waals surface area contributed by atoms with Gasteiger partial charge in [-0.15, -0.1) is 0 Å². The Balaban J connectivity index is 1.97.